The van der Waals surface area contributed by atoms with Crippen molar-refractivity contribution in [2.24, 2.45) is 10.8 Å². The maximum absolute atomic E-state index is 11.7. The molecule has 3 aromatic carbocycles. The fraction of sp³-hybridized carbons (Fsp3) is 0.0769. The number of guanidine groups is 1. The molecule has 1 aliphatic heterocycles. The van der Waals surface area contributed by atoms with E-state index in [1.807, 2.05) is 42.5 Å². The van der Waals surface area contributed by atoms with Crippen molar-refractivity contribution in [1.29, 1.82) is 0 Å². The molecule has 0 amide bonds. The number of hydrogen-bond donors (Lipinski definition) is 3. The summed E-state index contributed by atoms with van der Waals surface area (Å²) in [5, 5.41) is 4.52. The van der Waals surface area contributed by atoms with E-state index in [2.05, 4.69) is 27.9 Å². The van der Waals surface area contributed by atoms with E-state index in [0.717, 1.165) is 17.7 Å². The number of carbonyl (C=O) groups is 1. The van der Waals surface area contributed by atoms with Crippen molar-refractivity contribution in [3.8, 4) is 0 Å². The van der Waals surface area contributed by atoms with Crippen LogP contribution in [-0.2, 0) is 4.79 Å². The highest BCUT2D eigenvalue weighted by Gasteiger charge is 2.17. The lowest BCUT2D eigenvalue weighted by atomic mass is 10.1. The van der Waals surface area contributed by atoms with E-state index in [-0.39, 0.29) is 11.8 Å². The standard InChI is InChI=1S/C17H12Cl2O.C9H12N4/c18-15-7-1-13(2-8-15)5-11-17(20)12-6-14-3-9-16(19)10-4-14;10-13-9-11-6-8(12-9)7-4-2-1-3-5-7/h1-12H;1-5,8H,6,10H2,(H2,11,12,13). The summed E-state index contributed by atoms with van der Waals surface area (Å²) in [5.74, 6) is 5.82. The third-order valence-corrected chi connectivity index (χ3v) is 5.21. The highest BCUT2D eigenvalue weighted by atomic mass is 35.5. The molecule has 4 rings (SSSR count). The normalized spacial score (nSPS) is 15.0. The summed E-state index contributed by atoms with van der Waals surface area (Å²) in [5.41, 5.74) is 5.60. The molecule has 5 nitrogen and oxygen atoms in total. The van der Waals surface area contributed by atoms with Crippen molar-refractivity contribution >= 4 is 47.1 Å². The summed E-state index contributed by atoms with van der Waals surface area (Å²) in [4.78, 5) is 15.9. The predicted octanol–water partition coefficient (Wildman–Crippen LogP) is 5.44. The van der Waals surface area contributed by atoms with E-state index in [0.29, 0.717) is 16.0 Å². The molecule has 0 spiro atoms. The summed E-state index contributed by atoms with van der Waals surface area (Å²) in [7, 11) is 0. The van der Waals surface area contributed by atoms with E-state index < -0.39 is 0 Å². The lowest BCUT2D eigenvalue weighted by Gasteiger charge is -2.10. The average molecular weight is 479 g/mol. The first kappa shape index (κ1) is 24.3. The van der Waals surface area contributed by atoms with E-state index in [1.54, 1.807) is 36.4 Å². The lowest BCUT2D eigenvalue weighted by Crippen LogP contribution is -2.39. The van der Waals surface area contributed by atoms with Gasteiger partial charge in [0.05, 0.1) is 12.6 Å². The number of hydrogen-bond acceptors (Lipinski definition) is 5. The Morgan fingerprint density at radius 2 is 1.39 bits per heavy atom. The van der Waals surface area contributed by atoms with Crippen molar-refractivity contribution in [2.45, 2.75) is 6.04 Å². The molecule has 33 heavy (non-hydrogen) atoms. The number of rotatable bonds is 5. The third-order valence-electron chi connectivity index (χ3n) is 4.70. The Labute approximate surface area is 203 Å². The number of hydrazine groups is 1. The third kappa shape index (κ3) is 8.24. The van der Waals surface area contributed by atoms with Crippen molar-refractivity contribution in [2.75, 3.05) is 6.54 Å². The molecule has 0 saturated carbocycles. The van der Waals surface area contributed by atoms with Crippen LogP contribution in [0.5, 0.6) is 0 Å². The highest BCUT2D eigenvalue weighted by Crippen LogP contribution is 2.15. The van der Waals surface area contributed by atoms with Gasteiger partial charge in [-0.05, 0) is 53.1 Å². The minimum Gasteiger partial charge on any atom is -0.347 e. The van der Waals surface area contributed by atoms with Crippen LogP contribution < -0.4 is 16.6 Å². The van der Waals surface area contributed by atoms with Crippen LogP contribution in [-0.4, -0.2) is 18.3 Å². The molecular formula is C26H24Cl2N4O. The Morgan fingerprint density at radius 1 is 0.879 bits per heavy atom. The summed E-state index contributed by atoms with van der Waals surface area (Å²) in [6.07, 6.45) is 6.56. The zero-order chi connectivity index (χ0) is 23.5. The van der Waals surface area contributed by atoms with Crippen molar-refractivity contribution < 1.29 is 4.79 Å². The molecule has 0 aromatic heterocycles. The number of nitrogens with zero attached hydrogens (tertiary/aromatic N) is 1. The summed E-state index contributed by atoms with van der Waals surface area (Å²) in [6.45, 7) is 0.740. The molecule has 0 bridgehead atoms. The fourth-order valence-electron chi connectivity index (χ4n) is 2.96. The summed E-state index contributed by atoms with van der Waals surface area (Å²) >= 11 is 11.6. The van der Waals surface area contributed by atoms with Gasteiger partial charge in [0, 0.05) is 10.0 Å². The Bertz CT molecular complexity index is 1070. The number of benzene rings is 3. The first-order valence-electron chi connectivity index (χ1n) is 10.3. The van der Waals surface area contributed by atoms with Crippen molar-refractivity contribution in [1.82, 2.24) is 10.7 Å². The number of ketones is 1. The molecule has 1 heterocycles. The Kier molecular flexibility index (Phi) is 9.27. The largest absolute Gasteiger partial charge is 0.347 e. The number of allylic oxidation sites excluding steroid dienone is 2. The van der Waals surface area contributed by atoms with Gasteiger partial charge in [-0.3, -0.25) is 10.2 Å². The monoisotopic (exact) mass is 478 g/mol. The second-order valence-electron chi connectivity index (χ2n) is 7.11. The fourth-order valence-corrected chi connectivity index (χ4v) is 3.21. The first-order valence-corrected chi connectivity index (χ1v) is 11.0. The van der Waals surface area contributed by atoms with E-state index >= 15 is 0 Å². The van der Waals surface area contributed by atoms with Crippen LogP contribution in [0.25, 0.3) is 12.2 Å². The summed E-state index contributed by atoms with van der Waals surface area (Å²) < 4.78 is 0. The smallest absolute Gasteiger partial charge is 0.206 e. The zero-order valence-corrected chi connectivity index (χ0v) is 19.3. The van der Waals surface area contributed by atoms with Crippen LogP contribution in [0, 0.1) is 0 Å². The summed E-state index contributed by atoms with van der Waals surface area (Å²) in [6, 6.07) is 25.0. The molecule has 0 radical (unpaired) electrons. The number of nitrogens with one attached hydrogen (secondary N) is 2. The average Bonchev–Trinajstić information content (AvgIpc) is 3.34. The Morgan fingerprint density at radius 3 is 1.85 bits per heavy atom. The second-order valence-corrected chi connectivity index (χ2v) is 7.99. The molecule has 1 atom stereocenters. The maximum Gasteiger partial charge on any atom is 0.206 e. The highest BCUT2D eigenvalue weighted by molar-refractivity contribution is 6.30. The van der Waals surface area contributed by atoms with Gasteiger partial charge in [0.15, 0.2) is 5.78 Å². The molecule has 0 aliphatic carbocycles. The maximum atomic E-state index is 11.7. The molecule has 1 aliphatic rings. The second kappa shape index (κ2) is 12.6. The van der Waals surface area contributed by atoms with Gasteiger partial charge in [-0.15, -0.1) is 0 Å². The van der Waals surface area contributed by atoms with Crippen LogP contribution in [0.3, 0.4) is 0 Å². The van der Waals surface area contributed by atoms with Gasteiger partial charge in [0.1, 0.15) is 0 Å². The van der Waals surface area contributed by atoms with Gasteiger partial charge in [0.2, 0.25) is 5.96 Å². The Hall–Kier alpha value is -3.38. The topological polar surface area (TPSA) is 79.5 Å². The molecular weight excluding hydrogens is 455 g/mol. The van der Waals surface area contributed by atoms with Crippen molar-refractivity contribution in [3.05, 3.63) is 118 Å². The minimum atomic E-state index is -0.0742. The van der Waals surface area contributed by atoms with Crippen LogP contribution in [0.15, 0.2) is 96.0 Å². The van der Waals surface area contributed by atoms with Gasteiger partial charge in [-0.2, -0.15) is 0 Å². The van der Waals surface area contributed by atoms with Gasteiger partial charge >= 0.3 is 0 Å². The van der Waals surface area contributed by atoms with Crippen LogP contribution in [0.4, 0.5) is 0 Å². The number of carbonyl (C=O) groups excluding carboxylic acids is 1. The molecule has 0 saturated heterocycles. The molecule has 0 fully saturated rings. The number of halogens is 2. The van der Waals surface area contributed by atoms with Crippen LogP contribution >= 0.6 is 23.2 Å². The predicted molar refractivity (Wildman–Crippen MR) is 138 cm³/mol. The first-order chi connectivity index (χ1) is 16.0. The molecule has 1 unspecified atom stereocenters. The molecule has 7 heteroatoms. The van der Waals surface area contributed by atoms with Gasteiger partial charge in [0.25, 0.3) is 0 Å². The molecule has 168 valence electrons. The van der Waals surface area contributed by atoms with Crippen LogP contribution in [0.1, 0.15) is 22.7 Å². The van der Waals surface area contributed by atoms with E-state index in [4.69, 9.17) is 29.0 Å². The van der Waals surface area contributed by atoms with Gasteiger partial charge < -0.3 is 5.32 Å². The number of aliphatic imine (C=N–C) groups is 1. The SMILES string of the molecule is NNC1=NCC(c2ccccc2)N1.O=C(C=Cc1ccc(Cl)cc1)C=Cc1ccc(Cl)cc1. The minimum absolute atomic E-state index is 0.0742. The van der Waals surface area contributed by atoms with E-state index in [9.17, 15) is 4.79 Å². The zero-order valence-electron chi connectivity index (χ0n) is 17.8. The Balaban J connectivity index is 0.000000203. The van der Waals surface area contributed by atoms with Gasteiger partial charge in [-0.1, -0.05) is 90.0 Å². The number of nitrogens with two attached hydrogens (primary N) is 1. The van der Waals surface area contributed by atoms with Crippen molar-refractivity contribution in [3.63, 3.8) is 0 Å². The van der Waals surface area contributed by atoms with Crippen LogP contribution in [0.2, 0.25) is 10.0 Å². The molecule has 3 aromatic rings. The quantitative estimate of drug-likeness (QED) is 0.259. The molecule has 4 N–H and O–H groups in total. The van der Waals surface area contributed by atoms with E-state index in [1.165, 1.54) is 17.7 Å². The lowest BCUT2D eigenvalue weighted by molar-refractivity contribution is -0.110. The van der Waals surface area contributed by atoms with Gasteiger partial charge in [-0.25, -0.2) is 10.8 Å².